The highest BCUT2D eigenvalue weighted by Crippen LogP contribution is 2.39. The highest BCUT2D eigenvalue weighted by atomic mass is 35.5. The van der Waals surface area contributed by atoms with E-state index >= 15 is 0 Å². The molecule has 0 saturated heterocycles. The molecule has 0 bridgehead atoms. The summed E-state index contributed by atoms with van der Waals surface area (Å²) in [5.74, 6) is -0.670. The average Bonchev–Trinajstić information content (AvgIpc) is 3.79. The molecule has 0 radical (unpaired) electrons. The molecule has 0 aromatic heterocycles. The first kappa shape index (κ1) is 28.2. The fraction of sp³-hybridized carbons (Fsp3) is 0.258. The summed E-state index contributed by atoms with van der Waals surface area (Å²) in [5.41, 5.74) is 9.83. The van der Waals surface area contributed by atoms with Crippen molar-refractivity contribution in [2.45, 2.75) is 31.6 Å². The maximum absolute atomic E-state index is 13.3. The van der Waals surface area contributed by atoms with Gasteiger partial charge in [0.1, 0.15) is 12.4 Å². The zero-order valence-corrected chi connectivity index (χ0v) is 23.9. The predicted molar refractivity (Wildman–Crippen MR) is 155 cm³/mol. The van der Waals surface area contributed by atoms with Gasteiger partial charge in [0.25, 0.3) is 0 Å². The number of hydrogen-bond acceptors (Lipinski definition) is 6. The first-order valence-electron chi connectivity index (χ1n) is 12.8. The molecule has 3 aromatic rings. The lowest BCUT2D eigenvalue weighted by atomic mass is 9.78. The Morgan fingerprint density at radius 1 is 0.950 bits per heavy atom. The van der Waals surface area contributed by atoms with E-state index in [-0.39, 0.29) is 29.8 Å². The molecule has 0 amide bonds. The summed E-state index contributed by atoms with van der Waals surface area (Å²) in [7, 11) is 1.32. The van der Waals surface area contributed by atoms with Gasteiger partial charge in [-0.1, -0.05) is 53.0 Å². The number of fused-ring (bicyclic) bond motifs is 1. The molecule has 40 heavy (non-hydrogen) atoms. The molecule has 206 valence electrons. The van der Waals surface area contributed by atoms with Crippen LogP contribution in [0.25, 0.3) is 5.70 Å². The molecular formula is C31H26Cl3NO5. The molecule has 9 heteroatoms. The van der Waals surface area contributed by atoms with E-state index in [0.29, 0.717) is 61.5 Å². The third-order valence-electron chi connectivity index (χ3n) is 7.34. The van der Waals surface area contributed by atoms with Crippen LogP contribution in [0.3, 0.4) is 0 Å². The summed E-state index contributed by atoms with van der Waals surface area (Å²) in [6.07, 6.45) is 2.77. The van der Waals surface area contributed by atoms with Crippen LogP contribution >= 0.6 is 34.8 Å². The van der Waals surface area contributed by atoms with Crippen molar-refractivity contribution >= 4 is 58.0 Å². The number of methoxy groups -OCH3 is 1. The van der Waals surface area contributed by atoms with Crippen molar-refractivity contribution in [2.75, 3.05) is 13.7 Å². The Kier molecular flexibility index (Phi) is 8.22. The van der Waals surface area contributed by atoms with E-state index in [4.69, 9.17) is 50.0 Å². The van der Waals surface area contributed by atoms with E-state index in [1.807, 2.05) is 0 Å². The highest BCUT2D eigenvalue weighted by Gasteiger charge is 2.34. The first-order chi connectivity index (χ1) is 19.2. The third kappa shape index (κ3) is 5.62. The molecule has 2 N–H and O–H groups in total. The van der Waals surface area contributed by atoms with Crippen molar-refractivity contribution in [1.82, 2.24) is 0 Å². The molecule has 1 atom stereocenters. The lowest BCUT2D eigenvalue weighted by Crippen LogP contribution is -2.22. The number of carbonyl (C=O) groups is 3. The Hall–Kier alpha value is -3.32. The van der Waals surface area contributed by atoms with Gasteiger partial charge in [-0.25, -0.2) is 4.79 Å². The zero-order valence-electron chi connectivity index (χ0n) is 21.6. The van der Waals surface area contributed by atoms with Gasteiger partial charge in [0.05, 0.1) is 34.0 Å². The number of Topliss-reactive ketones (excluding diaryl/α,β-unsaturated/α-hetero) is 2. The fourth-order valence-electron chi connectivity index (χ4n) is 5.02. The minimum Gasteiger partial charge on any atom is -0.489 e. The Balaban J connectivity index is 1.36. The monoisotopic (exact) mass is 597 g/mol. The standard InChI is InChI=1S/C31H26Cl3NO5/c1-39-31(38)18-8-10-20-17(13-18)7-11-22(30(20)37)21-12-9-19(14-26(21)34)40-15-23(29(36)16-5-6-16)28(35)27-24(32)3-2-4-25(27)33/h2-4,8-10,12-14,16,22H,5-7,11,15,35H2,1H3. The molecule has 2 aliphatic carbocycles. The number of esters is 1. The van der Waals surface area contributed by atoms with Gasteiger partial charge >= 0.3 is 5.97 Å². The van der Waals surface area contributed by atoms with Crippen LogP contribution in [-0.2, 0) is 16.0 Å². The second-order valence-electron chi connectivity index (χ2n) is 9.92. The summed E-state index contributed by atoms with van der Waals surface area (Å²) in [4.78, 5) is 38.3. The normalized spacial score (nSPS) is 17.1. The van der Waals surface area contributed by atoms with Crippen molar-refractivity contribution < 1.29 is 23.9 Å². The van der Waals surface area contributed by atoms with Crippen LogP contribution in [0.2, 0.25) is 15.1 Å². The summed E-state index contributed by atoms with van der Waals surface area (Å²) < 4.78 is 10.8. The summed E-state index contributed by atoms with van der Waals surface area (Å²) in [6, 6.07) is 15.1. The van der Waals surface area contributed by atoms with Crippen LogP contribution in [0, 0.1) is 5.92 Å². The van der Waals surface area contributed by atoms with Crippen LogP contribution in [0.15, 0.2) is 60.2 Å². The van der Waals surface area contributed by atoms with Gasteiger partial charge in [0.2, 0.25) is 0 Å². The Morgan fingerprint density at radius 2 is 1.68 bits per heavy atom. The SMILES string of the molecule is COC(=O)c1ccc2c(c1)CCC(c1ccc(OCC(C(=O)C3CC3)=C(N)c3c(Cl)cccc3Cl)cc1Cl)C2=O. The maximum Gasteiger partial charge on any atom is 0.337 e. The number of ketones is 2. The quantitative estimate of drug-likeness (QED) is 0.220. The third-order valence-corrected chi connectivity index (χ3v) is 8.30. The molecule has 3 aromatic carbocycles. The Bertz CT molecular complexity index is 1540. The van der Waals surface area contributed by atoms with E-state index in [2.05, 4.69) is 0 Å². The molecule has 0 heterocycles. The number of ether oxygens (including phenoxy) is 2. The lowest BCUT2D eigenvalue weighted by Gasteiger charge is -2.25. The number of hydrogen-bond donors (Lipinski definition) is 1. The lowest BCUT2D eigenvalue weighted by molar-refractivity contribution is -0.116. The van der Waals surface area contributed by atoms with Crippen LogP contribution in [-0.4, -0.2) is 31.3 Å². The average molecular weight is 599 g/mol. The molecule has 1 saturated carbocycles. The number of halogens is 3. The summed E-state index contributed by atoms with van der Waals surface area (Å²) >= 11 is 19.4. The highest BCUT2D eigenvalue weighted by molar-refractivity contribution is 6.37. The number of carbonyl (C=O) groups excluding carboxylic acids is 3. The van der Waals surface area contributed by atoms with E-state index in [1.165, 1.54) is 7.11 Å². The zero-order chi connectivity index (χ0) is 28.6. The minimum absolute atomic E-state index is 0.0575. The van der Waals surface area contributed by atoms with E-state index < -0.39 is 11.9 Å². The van der Waals surface area contributed by atoms with Gasteiger partial charge in [-0.05, 0) is 73.2 Å². The Labute approximate surface area is 247 Å². The maximum atomic E-state index is 13.3. The second-order valence-corrected chi connectivity index (χ2v) is 11.1. The fourth-order valence-corrected chi connectivity index (χ4v) is 5.92. The number of aryl methyl sites for hydroxylation is 1. The number of benzene rings is 3. The topological polar surface area (TPSA) is 95.7 Å². The van der Waals surface area contributed by atoms with Crippen molar-refractivity contribution in [3.8, 4) is 5.75 Å². The van der Waals surface area contributed by atoms with E-state index in [0.717, 1.165) is 18.4 Å². The smallest absolute Gasteiger partial charge is 0.337 e. The number of nitrogens with two attached hydrogens (primary N) is 1. The van der Waals surface area contributed by atoms with Crippen LogP contribution < -0.4 is 10.5 Å². The van der Waals surface area contributed by atoms with E-state index in [9.17, 15) is 14.4 Å². The van der Waals surface area contributed by atoms with Gasteiger partial charge < -0.3 is 15.2 Å². The minimum atomic E-state index is -0.440. The van der Waals surface area contributed by atoms with E-state index in [1.54, 1.807) is 54.6 Å². The molecule has 6 nitrogen and oxygen atoms in total. The molecule has 5 rings (SSSR count). The molecule has 1 fully saturated rings. The van der Waals surface area contributed by atoms with Gasteiger partial charge in [0.15, 0.2) is 11.6 Å². The van der Waals surface area contributed by atoms with Crippen molar-refractivity contribution in [1.29, 1.82) is 0 Å². The van der Waals surface area contributed by atoms with Crippen molar-refractivity contribution in [2.24, 2.45) is 11.7 Å². The van der Waals surface area contributed by atoms with Gasteiger partial charge in [-0.3, -0.25) is 9.59 Å². The summed E-state index contributed by atoms with van der Waals surface area (Å²) in [5, 5.41) is 1.07. The largest absolute Gasteiger partial charge is 0.489 e. The first-order valence-corrected chi connectivity index (χ1v) is 14.0. The molecule has 0 aliphatic heterocycles. The van der Waals surface area contributed by atoms with Crippen LogP contribution in [0.5, 0.6) is 5.75 Å². The van der Waals surface area contributed by atoms with Gasteiger partial charge in [-0.2, -0.15) is 0 Å². The number of rotatable bonds is 8. The predicted octanol–water partition coefficient (Wildman–Crippen LogP) is 7.07. The molecule has 1 unspecified atom stereocenters. The molecular weight excluding hydrogens is 573 g/mol. The van der Waals surface area contributed by atoms with Gasteiger partial charge in [-0.15, -0.1) is 0 Å². The Morgan fingerprint density at radius 3 is 2.33 bits per heavy atom. The van der Waals surface area contributed by atoms with Crippen molar-refractivity contribution in [3.63, 3.8) is 0 Å². The van der Waals surface area contributed by atoms with Crippen molar-refractivity contribution in [3.05, 3.63) is 103 Å². The second kappa shape index (κ2) is 11.7. The van der Waals surface area contributed by atoms with Gasteiger partial charge in [0, 0.05) is 28.0 Å². The van der Waals surface area contributed by atoms with Crippen LogP contribution in [0.1, 0.15) is 62.6 Å². The summed E-state index contributed by atoms with van der Waals surface area (Å²) in [6.45, 7) is -0.0867. The van der Waals surface area contributed by atoms with Crippen LogP contribution in [0.4, 0.5) is 0 Å². The molecule has 0 spiro atoms. The molecule has 2 aliphatic rings.